The van der Waals surface area contributed by atoms with Gasteiger partial charge in [-0.2, -0.15) is 0 Å². The second kappa shape index (κ2) is 4.32. The van der Waals surface area contributed by atoms with Crippen LogP contribution in [0.4, 0.5) is 5.69 Å². The Morgan fingerprint density at radius 2 is 2.19 bits per heavy atom. The summed E-state index contributed by atoms with van der Waals surface area (Å²) in [6, 6.07) is 5.26. The third-order valence-corrected chi connectivity index (χ3v) is 2.50. The second-order valence-electron chi connectivity index (χ2n) is 3.62. The van der Waals surface area contributed by atoms with Crippen molar-refractivity contribution in [3.63, 3.8) is 0 Å². The molecule has 0 atom stereocenters. The molecule has 1 aliphatic rings. The van der Waals surface area contributed by atoms with E-state index in [1.54, 1.807) is 25.2 Å². The summed E-state index contributed by atoms with van der Waals surface area (Å²) in [5.41, 5.74) is 7.48. The average molecular weight is 219 g/mol. The van der Waals surface area contributed by atoms with Crippen LogP contribution in [0.2, 0.25) is 0 Å². The van der Waals surface area contributed by atoms with Crippen LogP contribution >= 0.6 is 0 Å². The first kappa shape index (κ1) is 10.6. The van der Waals surface area contributed by atoms with Gasteiger partial charge in [-0.3, -0.25) is 15.0 Å². The van der Waals surface area contributed by atoms with E-state index in [-0.39, 0.29) is 11.8 Å². The zero-order valence-electron chi connectivity index (χ0n) is 8.96. The summed E-state index contributed by atoms with van der Waals surface area (Å²) >= 11 is 0. The van der Waals surface area contributed by atoms with Crippen LogP contribution in [-0.2, 0) is 11.2 Å². The Hall–Kier alpha value is -1.88. The van der Waals surface area contributed by atoms with Crippen molar-refractivity contribution in [2.75, 3.05) is 12.4 Å². The van der Waals surface area contributed by atoms with Crippen LogP contribution in [0.15, 0.2) is 18.2 Å². The summed E-state index contributed by atoms with van der Waals surface area (Å²) in [5.74, 6) is -0.151. The number of hydrazine groups is 1. The number of aryl methyl sites for hydroxylation is 1. The molecule has 5 nitrogen and oxygen atoms in total. The van der Waals surface area contributed by atoms with E-state index < -0.39 is 0 Å². The predicted molar refractivity (Wildman–Crippen MR) is 59.9 cm³/mol. The summed E-state index contributed by atoms with van der Waals surface area (Å²) in [6.07, 6.45) is 1.16. The minimum Gasteiger partial charge on any atom is -0.326 e. The summed E-state index contributed by atoms with van der Waals surface area (Å²) in [6.45, 7) is 0. The van der Waals surface area contributed by atoms with Crippen molar-refractivity contribution in [1.82, 2.24) is 10.9 Å². The predicted octanol–water partition coefficient (Wildman–Crippen LogP) is 0.435. The molecule has 0 unspecified atom stereocenters. The maximum absolute atomic E-state index is 11.5. The van der Waals surface area contributed by atoms with Crippen molar-refractivity contribution in [1.29, 1.82) is 0 Å². The Bertz CT molecular complexity index is 443. The third kappa shape index (κ3) is 2.04. The molecule has 1 aliphatic heterocycles. The molecule has 1 aromatic carbocycles. The monoisotopic (exact) mass is 219 g/mol. The minimum atomic E-state index is -0.179. The molecule has 1 aromatic rings. The van der Waals surface area contributed by atoms with Gasteiger partial charge in [0.25, 0.3) is 5.91 Å². The number of anilines is 1. The largest absolute Gasteiger partial charge is 0.326 e. The Morgan fingerprint density at radius 3 is 2.94 bits per heavy atom. The molecule has 3 N–H and O–H groups in total. The highest BCUT2D eigenvalue weighted by atomic mass is 16.2. The molecule has 0 spiro atoms. The van der Waals surface area contributed by atoms with Crippen LogP contribution in [0.3, 0.4) is 0 Å². The molecule has 0 radical (unpaired) electrons. The number of carbonyl (C=O) groups is 2. The fourth-order valence-electron chi connectivity index (χ4n) is 1.71. The van der Waals surface area contributed by atoms with Crippen LogP contribution in [0, 0.1) is 0 Å². The summed E-state index contributed by atoms with van der Waals surface area (Å²) < 4.78 is 0. The Kier molecular flexibility index (Phi) is 2.87. The van der Waals surface area contributed by atoms with Gasteiger partial charge in [-0.25, -0.2) is 5.43 Å². The molecule has 1 heterocycles. The van der Waals surface area contributed by atoms with E-state index in [4.69, 9.17) is 0 Å². The van der Waals surface area contributed by atoms with Crippen LogP contribution in [0.5, 0.6) is 0 Å². The molecule has 0 fully saturated rings. The number of hydrogen-bond donors (Lipinski definition) is 3. The SMILES string of the molecule is CNNC(=O)c1ccc2c(c1)CCC(=O)N2. The minimum absolute atomic E-state index is 0.0277. The highest BCUT2D eigenvalue weighted by molar-refractivity contribution is 5.97. The van der Waals surface area contributed by atoms with E-state index in [0.717, 1.165) is 11.3 Å². The van der Waals surface area contributed by atoms with Crippen molar-refractivity contribution < 1.29 is 9.59 Å². The number of carbonyl (C=O) groups excluding carboxylic acids is 2. The maximum Gasteiger partial charge on any atom is 0.265 e. The normalized spacial score (nSPS) is 13.9. The zero-order chi connectivity index (χ0) is 11.5. The first-order chi connectivity index (χ1) is 7.70. The van der Waals surface area contributed by atoms with Crippen LogP contribution in [0.25, 0.3) is 0 Å². The lowest BCUT2D eigenvalue weighted by molar-refractivity contribution is -0.116. The van der Waals surface area contributed by atoms with Crippen molar-refractivity contribution in [3.8, 4) is 0 Å². The number of hydrogen-bond acceptors (Lipinski definition) is 3. The fourth-order valence-corrected chi connectivity index (χ4v) is 1.71. The van der Waals surface area contributed by atoms with E-state index >= 15 is 0 Å². The van der Waals surface area contributed by atoms with Crippen LogP contribution in [-0.4, -0.2) is 18.9 Å². The Labute approximate surface area is 93.2 Å². The smallest absolute Gasteiger partial charge is 0.265 e. The molecule has 2 amide bonds. The lowest BCUT2D eigenvalue weighted by Gasteiger charge is -2.17. The van der Waals surface area contributed by atoms with Crippen molar-refractivity contribution >= 4 is 17.5 Å². The van der Waals surface area contributed by atoms with E-state index in [0.29, 0.717) is 18.4 Å². The van der Waals surface area contributed by atoms with Gasteiger partial charge in [0, 0.05) is 24.7 Å². The number of rotatable bonds is 2. The summed E-state index contributed by atoms with van der Waals surface area (Å²) in [4.78, 5) is 22.7. The van der Waals surface area contributed by atoms with Crippen LogP contribution < -0.4 is 16.2 Å². The van der Waals surface area contributed by atoms with Gasteiger partial charge >= 0.3 is 0 Å². The third-order valence-electron chi connectivity index (χ3n) is 2.50. The van der Waals surface area contributed by atoms with Gasteiger partial charge in [0.1, 0.15) is 0 Å². The van der Waals surface area contributed by atoms with Gasteiger partial charge in [-0.05, 0) is 30.2 Å². The molecular formula is C11H13N3O2. The Morgan fingerprint density at radius 1 is 1.38 bits per heavy atom. The summed E-state index contributed by atoms with van der Waals surface area (Å²) in [7, 11) is 1.64. The lowest BCUT2D eigenvalue weighted by atomic mass is 10.0. The highest BCUT2D eigenvalue weighted by Gasteiger charge is 2.16. The van der Waals surface area contributed by atoms with E-state index in [1.807, 2.05) is 0 Å². The Balaban J connectivity index is 2.26. The van der Waals surface area contributed by atoms with E-state index in [9.17, 15) is 9.59 Å². The quantitative estimate of drug-likeness (QED) is 0.632. The number of nitrogens with one attached hydrogen (secondary N) is 3. The average Bonchev–Trinajstić information content (AvgIpc) is 2.28. The van der Waals surface area contributed by atoms with E-state index in [2.05, 4.69) is 16.2 Å². The second-order valence-corrected chi connectivity index (χ2v) is 3.62. The van der Waals surface area contributed by atoms with Gasteiger partial charge in [-0.1, -0.05) is 0 Å². The first-order valence-corrected chi connectivity index (χ1v) is 5.10. The summed E-state index contributed by atoms with van der Waals surface area (Å²) in [5, 5.41) is 2.77. The lowest BCUT2D eigenvalue weighted by Crippen LogP contribution is -2.34. The maximum atomic E-state index is 11.5. The molecule has 2 rings (SSSR count). The first-order valence-electron chi connectivity index (χ1n) is 5.10. The van der Waals surface area contributed by atoms with E-state index in [1.165, 1.54) is 0 Å². The molecule has 5 heteroatoms. The zero-order valence-corrected chi connectivity index (χ0v) is 8.96. The molecular weight excluding hydrogens is 206 g/mol. The highest BCUT2D eigenvalue weighted by Crippen LogP contribution is 2.23. The number of benzene rings is 1. The number of amides is 2. The topological polar surface area (TPSA) is 70.2 Å². The molecule has 0 bridgehead atoms. The standard InChI is InChI=1S/C11H13N3O2/c1-12-14-11(16)8-2-4-9-7(6-8)3-5-10(15)13-9/h2,4,6,12H,3,5H2,1H3,(H,13,15)(H,14,16). The van der Waals surface area contributed by atoms with Gasteiger partial charge in [0.05, 0.1) is 0 Å². The van der Waals surface area contributed by atoms with Crippen molar-refractivity contribution in [3.05, 3.63) is 29.3 Å². The van der Waals surface area contributed by atoms with Gasteiger partial charge in [-0.15, -0.1) is 0 Å². The molecule has 0 saturated heterocycles. The molecule has 0 aromatic heterocycles. The molecule has 16 heavy (non-hydrogen) atoms. The van der Waals surface area contributed by atoms with Gasteiger partial charge in [0.2, 0.25) is 5.91 Å². The number of fused-ring (bicyclic) bond motifs is 1. The fraction of sp³-hybridized carbons (Fsp3) is 0.273. The molecule has 84 valence electrons. The van der Waals surface area contributed by atoms with Crippen molar-refractivity contribution in [2.24, 2.45) is 0 Å². The molecule has 0 saturated carbocycles. The molecule has 0 aliphatic carbocycles. The van der Waals surface area contributed by atoms with Gasteiger partial charge < -0.3 is 5.32 Å². The van der Waals surface area contributed by atoms with Gasteiger partial charge in [0.15, 0.2) is 0 Å². The van der Waals surface area contributed by atoms with Crippen LogP contribution in [0.1, 0.15) is 22.3 Å². The van der Waals surface area contributed by atoms with Crippen molar-refractivity contribution in [2.45, 2.75) is 12.8 Å².